The predicted octanol–water partition coefficient (Wildman–Crippen LogP) is 5.03. The summed E-state index contributed by atoms with van der Waals surface area (Å²) in [5.74, 6) is -2.34. The van der Waals surface area contributed by atoms with Crippen LogP contribution in [0.2, 0.25) is 0 Å². The molecule has 210 valence electrons. The Labute approximate surface area is 225 Å². The van der Waals surface area contributed by atoms with Crippen molar-refractivity contribution < 1.29 is 36.3 Å². The number of H-pyrrole nitrogens is 1. The highest BCUT2D eigenvalue weighted by Crippen LogP contribution is 2.39. The summed E-state index contributed by atoms with van der Waals surface area (Å²) in [7, 11) is 1.44. The lowest BCUT2D eigenvalue weighted by molar-refractivity contribution is -0.360. The fourth-order valence-electron chi connectivity index (χ4n) is 4.18. The van der Waals surface area contributed by atoms with Gasteiger partial charge in [-0.25, -0.2) is 0 Å². The van der Waals surface area contributed by atoms with Gasteiger partial charge in [-0.15, -0.1) is 0 Å². The van der Waals surface area contributed by atoms with Crippen molar-refractivity contribution in [2.24, 2.45) is 5.73 Å². The molecule has 1 unspecified atom stereocenters. The van der Waals surface area contributed by atoms with Crippen molar-refractivity contribution in [3.8, 4) is 16.9 Å². The third kappa shape index (κ3) is 6.07. The van der Waals surface area contributed by atoms with E-state index in [1.54, 1.807) is 18.3 Å². The molecule has 0 fully saturated rings. The molecule has 40 heavy (non-hydrogen) atoms. The van der Waals surface area contributed by atoms with Crippen LogP contribution in [0.4, 0.5) is 22.0 Å². The number of alkyl halides is 5. The molecule has 0 radical (unpaired) electrons. The summed E-state index contributed by atoms with van der Waals surface area (Å²) in [4.78, 5) is 28.5. The number of carbonyl (C=O) groups is 2. The molecule has 0 spiro atoms. The minimum Gasteiger partial charge on any atom is -0.425 e. The van der Waals surface area contributed by atoms with Crippen LogP contribution in [0.3, 0.4) is 0 Å². The van der Waals surface area contributed by atoms with Gasteiger partial charge in [-0.3, -0.25) is 9.59 Å². The quantitative estimate of drug-likeness (QED) is 0.215. The Kier molecular flexibility index (Phi) is 8.10. The zero-order valence-corrected chi connectivity index (χ0v) is 21.1. The Hall–Kier alpha value is -4.45. The molecule has 2 amide bonds. The van der Waals surface area contributed by atoms with Crippen LogP contribution in [-0.4, -0.2) is 48.7 Å². The molecule has 7 nitrogen and oxygen atoms in total. The molecular weight excluding hydrogens is 535 g/mol. The molecule has 4 aromatic rings. The minimum absolute atomic E-state index is 0.0476. The van der Waals surface area contributed by atoms with E-state index in [-0.39, 0.29) is 24.1 Å². The zero-order chi connectivity index (χ0) is 29.1. The first-order chi connectivity index (χ1) is 18.9. The summed E-state index contributed by atoms with van der Waals surface area (Å²) in [6, 6.07) is 16.1. The molecule has 0 aliphatic carbocycles. The number of aromatic nitrogens is 1. The van der Waals surface area contributed by atoms with Crippen LogP contribution >= 0.6 is 0 Å². The van der Waals surface area contributed by atoms with Crippen molar-refractivity contribution in [3.05, 3.63) is 89.6 Å². The van der Waals surface area contributed by atoms with E-state index in [1.165, 1.54) is 25.2 Å². The number of aromatic amines is 1. The summed E-state index contributed by atoms with van der Waals surface area (Å²) in [5, 5.41) is 5.98. The molecule has 0 saturated heterocycles. The second-order valence-corrected chi connectivity index (χ2v) is 8.96. The number of carbonyl (C=O) groups excluding carboxylic acids is 2. The van der Waals surface area contributed by atoms with Gasteiger partial charge >= 0.3 is 12.3 Å². The number of halogens is 5. The van der Waals surface area contributed by atoms with Crippen molar-refractivity contribution >= 4 is 22.7 Å². The van der Waals surface area contributed by atoms with Crippen molar-refractivity contribution in [2.45, 2.75) is 24.7 Å². The first-order valence-electron chi connectivity index (χ1n) is 12.1. The summed E-state index contributed by atoms with van der Waals surface area (Å²) >= 11 is 0. The normalized spacial score (nSPS) is 12.7. The average molecular weight is 561 g/mol. The summed E-state index contributed by atoms with van der Waals surface area (Å²) in [6.07, 6.45) is -9.57. The van der Waals surface area contributed by atoms with Gasteiger partial charge < -0.3 is 26.1 Å². The molecule has 1 atom stereocenters. The highest BCUT2D eigenvalue weighted by atomic mass is 19.4. The molecule has 3 aromatic carbocycles. The molecule has 1 heterocycles. The third-order valence-electron chi connectivity index (χ3n) is 6.24. The van der Waals surface area contributed by atoms with Crippen LogP contribution in [0.1, 0.15) is 26.3 Å². The maximum atomic E-state index is 13.8. The van der Waals surface area contributed by atoms with Gasteiger partial charge in [0.05, 0.1) is 5.56 Å². The summed E-state index contributed by atoms with van der Waals surface area (Å²) < 4.78 is 70.5. The molecule has 0 saturated carbocycles. The van der Waals surface area contributed by atoms with E-state index >= 15 is 0 Å². The van der Waals surface area contributed by atoms with Gasteiger partial charge in [-0.05, 0) is 53.4 Å². The molecule has 4 rings (SSSR count). The van der Waals surface area contributed by atoms with E-state index in [2.05, 4.69) is 20.4 Å². The van der Waals surface area contributed by atoms with Crippen LogP contribution in [0.25, 0.3) is 22.0 Å². The smallest absolute Gasteiger partial charge is 0.425 e. The number of rotatable bonds is 9. The van der Waals surface area contributed by atoms with Gasteiger partial charge in [0, 0.05) is 42.3 Å². The standard InChI is InChI=1S/C28H25F5N4O3/c1-35-25(38)18-6-4-5-16(11-18)17-9-10-24(40-28(32,33)27(29,30)31)22(13-17)26(39)37-20(14-34)12-19-15-36-23-8-3-2-7-21(19)23/h2-11,13,15,20,36H,12,14,34H2,1H3,(H,35,38)(H,37,39). The van der Waals surface area contributed by atoms with Crippen LogP contribution in [0.15, 0.2) is 72.9 Å². The van der Waals surface area contributed by atoms with Gasteiger partial charge in [-0.1, -0.05) is 36.4 Å². The summed E-state index contributed by atoms with van der Waals surface area (Å²) in [6.45, 7) is -0.0476. The lowest BCUT2D eigenvalue weighted by atomic mass is 9.99. The molecular formula is C28H25F5N4O3. The minimum atomic E-state index is -6.02. The maximum Gasteiger partial charge on any atom is 0.499 e. The number of ether oxygens (including phenoxy) is 1. The second-order valence-electron chi connectivity index (χ2n) is 8.96. The van der Waals surface area contributed by atoms with E-state index in [0.717, 1.165) is 28.6 Å². The molecule has 1 aromatic heterocycles. The number of amides is 2. The number of benzene rings is 3. The predicted molar refractivity (Wildman–Crippen MR) is 139 cm³/mol. The molecule has 0 aliphatic rings. The van der Waals surface area contributed by atoms with Crippen molar-refractivity contribution in [1.82, 2.24) is 15.6 Å². The molecule has 5 N–H and O–H groups in total. The second kappa shape index (κ2) is 11.3. The Morgan fingerprint density at radius 2 is 1.68 bits per heavy atom. The zero-order valence-electron chi connectivity index (χ0n) is 21.1. The van der Waals surface area contributed by atoms with Gasteiger partial charge in [0.2, 0.25) is 0 Å². The number of para-hydroxylation sites is 1. The van der Waals surface area contributed by atoms with E-state index < -0.39 is 41.5 Å². The number of hydrogen-bond donors (Lipinski definition) is 4. The van der Waals surface area contributed by atoms with Crippen LogP contribution < -0.4 is 21.1 Å². The maximum absolute atomic E-state index is 13.8. The molecule has 0 bridgehead atoms. The first-order valence-corrected chi connectivity index (χ1v) is 12.1. The number of nitrogens with two attached hydrogens (primary N) is 1. The van der Waals surface area contributed by atoms with E-state index in [1.807, 2.05) is 24.3 Å². The van der Waals surface area contributed by atoms with Crippen LogP contribution in [0, 0.1) is 0 Å². The van der Waals surface area contributed by atoms with Crippen molar-refractivity contribution in [3.63, 3.8) is 0 Å². The lowest BCUT2D eigenvalue weighted by Crippen LogP contribution is -2.44. The van der Waals surface area contributed by atoms with Crippen molar-refractivity contribution in [2.75, 3.05) is 13.6 Å². The van der Waals surface area contributed by atoms with Gasteiger partial charge in [-0.2, -0.15) is 22.0 Å². The summed E-state index contributed by atoms with van der Waals surface area (Å²) in [5.41, 5.74) is 7.96. The van der Waals surface area contributed by atoms with Crippen LogP contribution in [0.5, 0.6) is 5.75 Å². The Morgan fingerprint density at radius 3 is 2.38 bits per heavy atom. The van der Waals surface area contributed by atoms with Crippen molar-refractivity contribution in [1.29, 1.82) is 0 Å². The highest BCUT2D eigenvalue weighted by molar-refractivity contribution is 5.99. The van der Waals surface area contributed by atoms with Gasteiger partial charge in [0.1, 0.15) is 5.75 Å². The first kappa shape index (κ1) is 28.6. The SMILES string of the molecule is CNC(=O)c1cccc(-c2ccc(OC(F)(F)C(F)(F)F)c(C(=O)NC(CN)Cc3c[nH]c4ccccc34)c2)c1. The number of nitrogens with one attached hydrogen (secondary N) is 3. The lowest BCUT2D eigenvalue weighted by Gasteiger charge is -2.23. The Balaban J connectivity index is 1.69. The topological polar surface area (TPSA) is 109 Å². The Morgan fingerprint density at radius 1 is 0.950 bits per heavy atom. The molecule has 0 aliphatic heterocycles. The highest BCUT2D eigenvalue weighted by Gasteiger charge is 2.61. The van der Waals surface area contributed by atoms with Crippen LogP contribution in [-0.2, 0) is 6.42 Å². The number of fused-ring (bicyclic) bond motifs is 1. The largest absolute Gasteiger partial charge is 0.499 e. The average Bonchev–Trinajstić information content (AvgIpc) is 3.34. The fraction of sp³-hybridized carbons (Fsp3) is 0.214. The third-order valence-corrected chi connectivity index (χ3v) is 6.24. The van der Waals surface area contributed by atoms with E-state index in [0.29, 0.717) is 5.56 Å². The van der Waals surface area contributed by atoms with Gasteiger partial charge in [0.15, 0.2) is 0 Å². The Bertz CT molecular complexity index is 1530. The molecule has 12 heteroatoms. The fourth-order valence-corrected chi connectivity index (χ4v) is 4.18. The van der Waals surface area contributed by atoms with E-state index in [9.17, 15) is 31.5 Å². The number of hydrogen-bond acceptors (Lipinski definition) is 4. The van der Waals surface area contributed by atoms with E-state index in [4.69, 9.17) is 5.73 Å². The monoisotopic (exact) mass is 560 g/mol. The van der Waals surface area contributed by atoms with Gasteiger partial charge in [0.25, 0.3) is 11.8 Å².